The molecule has 0 aliphatic heterocycles. The molecule has 1 aromatic heterocycles. The predicted octanol–water partition coefficient (Wildman–Crippen LogP) is 2.96. The summed E-state index contributed by atoms with van der Waals surface area (Å²) in [4.78, 5) is 12.0. The first-order chi connectivity index (χ1) is 9.58. The van der Waals surface area contributed by atoms with Crippen LogP contribution in [-0.2, 0) is 0 Å². The zero-order valence-electron chi connectivity index (χ0n) is 12.3. The van der Waals surface area contributed by atoms with Gasteiger partial charge in [-0.15, -0.1) is 0 Å². The molecule has 0 aliphatic rings. The number of nitrogens with one attached hydrogen (secondary N) is 1. The van der Waals surface area contributed by atoms with Crippen LogP contribution in [0.5, 0.6) is 0 Å². The van der Waals surface area contributed by atoms with Crippen LogP contribution in [0.15, 0.2) is 36.5 Å². The molecule has 1 aromatic carbocycles. The first-order valence-corrected chi connectivity index (χ1v) is 6.97. The average Bonchev–Trinajstić information content (AvgIpc) is 2.84. The molecule has 4 heteroatoms. The number of aromatic nitrogens is 2. The number of hydrogen-bond donors (Lipinski definition) is 1. The van der Waals surface area contributed by atoms with Gasteiger partial charge in [-0.2, -0.15) is 5.10 Å². The maximum atomic E-state index is 12.0. The molecule has 2 rings (SSSR count). The number of benzene rings is 1. The minimum absolute atomic E-state index is 0.0191. The van der Waals surface area contributed by atoms with Crippen LogP contribution in [0.4, 0.5) is 0 Å². The Hall–Kier alpha value is -2.10. The highest BCUT2D eigenvalue weighted by atomic mass is 16.1. The number of carbonyl (C=O) groups is 1. The van der Waals surface area contributed by atoms with Gasteiger partial charge < -0.3 is 5.32 Å². The molecular formula is C16H21N3O. The molecule has 106 valence electrons. The first-order valence-electron chi connectivity index (χ1n) is 6.97. The first kappa shape index (κ1) is 14.3. The molecule has 0 bridgehead atoms. The second-order valence-electron chi connectivity index (χ2n) is 5.37. The van der Waals surface area contributed by atoms with Gasteiger partial charge in [-0.3, -0.25) is 4.79 Å². The summed E-state index contributed by atoms with van der Waals surface area (Å²) in [6.07, 6.45) is 2.76. The van der Waals surface area contributed by atoms with Crippen LogP contribution in [0.1, 0.15) is 36.3 Å². The van der Waals surface area contributed by atoms with Crippen LogP contribution in [0, 0.1) is 12.8 Å². The van der Waals surface area contributed by atoms with Crippen LogP contribution in [-0.4, -0.2) is 22.2 Å². The summed E-state index contributed by atoms with van der Waals surface area (Å²) in [5.74, 6) is 0.579. The zero-order chi connectivity index (χ0) is 14.5. The average molecular weight is 271 g/mol. The quantitative estimate of drug-likeness (QED) is 0.908. The van der Waals surface area contributed by atoms with E-state index >= 15 is 0 Å². The second kappa shape index (κ2) is 6.37. The fourth-order valence-electron chi connectivity index (χ4n) is 1.97. The summed E-state index contributed by atoms with van der Waals surface area (Å²) in [6, 6.07) is 9.45. The fraction of sp³-hybridized carbons (Fsp3) is 0.375. The lowest BCUT2D eigenvalue weighted by Gasteiger charge is -2.08. The monoisotopic (exact) mass is 271 g/mol. The van der Waals surface area contributed by atoms with Gasteiger partial charge in [-0.25, -0.2) is 4.68 Å². The Bertz CT molecular complexity index is 570. The van der Waals surface area contributed by atoms with Crippen molar-refractivity contribution in [3.8, 4) is 5.69 Å². The summed E-state index contributed by atoms with van der Waals surface area (Å²) >= 11 is 0. The van der Waals surface area contributed by atoms with Crippen LogP contribution >= 0.6 is 0 Å². The Balaban J connectivity index is 2.01. The standard InChI is InChI=1S/C16H21N3O/c1-12(2)8-10-17-16(20)14-4-6-15(7-5-14)19-13(3)9-11-18-19/h4-7,9,11-12H,8,10H2,1-3H3,(H,17,20). The van der Waals surface area contributed by atoms with Crippen LogP contribution in [0.25, 0.3) is 5.69 Å². The number of nitrogens with zero attached hydrogens (tertiary/aromatic N) is 2. The molecule has 1 amide bonds. The number of aryl methyl sites for hydroxylation is 1. The summed E-state index contributed by atoms with van der Waals surface area (Å²) in [6.45, 7) is 7.01. The Kier molecular flexibility index (Phi) is 4.56. The van der Waals surface area contributed by atoms with E-state index in [0.717, 1.165) is 24.3 Å². The van der Waals surface area contributed by atoms with Gasteiger partial charge in [-0.1, -0.05) is 13.8 Å². The molecule has 0 fully saturated rings. The van der Waals surface area contributed by atoms with Gasteiger partial charge in [-0.05, 0) is 49.6 Å². The van der Waals surface area contributed by atoms with E-state index in [-0.39, 0.29) is 5.91 Å². The SMILES string of the molecule is Cc1ccnn1-c1ccc(C(=O)NCCC(C)C)cc1. The Labute approximate surface area is 119 Å². The van der Waals surface area contributed by atoms with E-state index in [1.165, 1.54) is 0 Å². The summed E-state index contributed by atoms with van der Waals surface area (Å²) < 4.78 is 1.85. The molecule has 0 saturated heterocycles. The molecule has 0 aliphatic carbocycles. The van der Waals surface area contributed by atoms with Crippen molar-refractivity contribution in [2.45, 2.75) is 27.2 Å². The van der Waals surface area contributed by atoms with Crippen molar-refractivity contribution in [3.63, 3.8) is 0 Å². The van der Waals surface area contributed by atoms with Gasteiger partial charge >= 0.3 is 0 Å². The summed E-state index contributed by atoms with van der Waals surface area (Å²) in [5, 5.41) is 7.18. The minimum atomic E-state index is -0.0191. The molecule has 4 nitrogen and oxygen atoms in total. The molecule has 1 heterocycles. The molecule has 20 heavy (non-hydrogen) atoms. The fourth-order valence-corrected chi connectivity index (χ4v) is 1.97. The predicted molar refractivity (Wildman–Crippen MR) is 80.1 cm³/mol. The number of hydrogen-bond acceptors (Lipinski definition) is 2. The third kappa shape index (κ3) is 3.47. The summed E-state index contributed by atoms with van der Waals surface area (Å²) in [7, 11) is 0. The van der Waals surface area contributed by atoms with E-state index in [4.69, 9.17) is 0 Å². The van der Waals surface area contributed by atoms with E-state index in [1.54, 1.807) is 6.20 Å². The van der Waals surface area contributed by atoms with Crippen molar-refractivity contribution in [1.29, 1.82) is 0 Å². The molecule has 0 unspecified atom stereocenters. The second-order valence-corrected chi connectivity index (χ2v) is 5.37. The maximum absolute atomic E-state index is 12.0. The molecule has 1 N–H and O–H groups in total. The van der Waals surface area contributed by atoms with Crippen molar-refractivity contribution in [2.75, 3.05) is 6.54 Å². The lowest BCUT2D eigenvalue weighted by molar-refractivity contribution is 0.0952. The molecule has 2 aromatic rings. The van der Waals surface area contributed by atoms with Crippen LogP contribution < -0.4 is 5.32 Å². The smallest absolute Gasteiger partial charge is 0.251 e. The Morgan fingerprint density at radius 1 is 1.25 bits per heavy atom. The molecule has 0 atom stereocenters. The normalized spacial score (nSPS) is 10.8. The van der Waals surface area contributed by atoms with E-state index in [2.05, 4.69) is 24.3 Å². The maximum Gasteiger partial charge on any atom is 0.251 e. The van der Waals surface area contributed by atoms with Gasteiger partial charge in [0.25, 0.3) is 5.91 Å². The van der Waals surface area contributed by atoms with E-state index in [0.29, 0.717) is 11.5 Å². The summed E-state index contributed by atoms with van der Waals surface area (Å²) in [5.41, 5.74) is 2.72. The Morgan fingerprint density at radius 3 is 2.50 bits per heavy atom. The van der Waals surface area contributed by atoms with Crippen LogP contribution in [0.3, 0.4) is 0 Å². The van der Waals surface area contributed by atoms with Crippen molar-refractivity contribution < 1.29 is 4.79 Å². The van der Waals surface area contributed by atoms with E-state index < -0.39 is 0 Å². The highest BCUT2D eigenvalue weighted by Crippen LogP contribution is 2.11. The van der Waals surface area contributed by atoms with Gasteiger partial charge in [0.15, 0.2) is 0 Å². The number of amides is 1. The third-order valence-corrected chi connectivity index (χ3v) is 3.21. The highest BCUT2D eigenvalue weighted by molar-refractivity contribution is 5.94. The number of rotatable bonds is 5. The topological polar surface area (TPSA) is 46.9 Å². The zero-order valence-corrected chi connectivity index (χ0v) is 12.3. The molecular weight excluding hydrogens is 250 g/mol. The molecule has 0 saturated carbocycles. The molecule has 0 radical (unpaired) electrons. The minimum Gasteiger partial charge on any atom is -0.352 e. The van der Waals surface area contributed by atoms with Gasteiger partial charge in [0, 0.05) is 24.0 Å². The Morgan fingerprint density at radius 2 is 1.95 bits per heavy atom. The van der Waals surface area contributed by atoms with Crippen molar-refractivity contribution >= 4 is 5.91 Å². The van der Waals surface area contributed by atoms with E-state index in [1.807, 2.05) is 41.9 Å². The van der Waals surface area contributed by atoms with E-state index in [9.17, 15) is 4.79 Å². The van der Waals surface area contributed by atoms with Crippen molar-refractivity contribution in [3.05, 3.63) is 47.8 Å². The van der Waals surface area contributed by atoms with Crippen molar-refractivity contribution in [2.24, 2.45) is 5.92 Å². The molecule has 0 spiro atoms. The highest BCUT2D eigenvalue weighted by Gasteiger charge is 2.06. The van der Waals surface area contributed by atoms with Gasteiger partial charge in [0.05, 0.1) is 5.69 Å². The van der Waals surface area contributed by atoms with Gasteiger partial charge in [0.1, 0.15) is 0 Å². The van der Waals surface area contributed by atoms with Crippen LogP contribution in [0.2, 0.25) is 0 Å². The largest absolute Gasteiger partial charge is 0.352 e. The van der Waals surface area contributed by atoms with Crippen molar-refractivity contribution in [1.82, 2.24) is 15.1 Å². The van der Waals surface area contributed by atoms with Gasteiger partial charge in [0.2, 0.25) is 0 Å². The number of carbonyl (C=O) groups excluding carboxylic acids is 1. The lowest BCUT2D eigenvalue weighted by atomic mass is 10.1. The lowest BCUT2D eigenvalue weighted by Crippen LogP contribution is -2.25. The third-order valence-electron chi connectivity index (χ3n) is 3.21.